The Kier molecular flexibility index (Phi) is 5.31. The number of hydrogen-bond donors (Lipinski definition) is 0. The van der Waals surface area contributed by atoms with Crippen molar-refractivity contribution in [3.8, 4) is 0 Å². The number of benzene rings is 2. The number of carbonyl (C=O) groups excluding carboxylic acids is 2. The molecule has 0 aliphatic carbocycles. The maximum Gasteiger partial charge on any atom is 0.293 e. The Morgan fingerprint density at radius 2 is 1.92 bits per heavy atom. The van der Waals surface area contributed by atoms with Crippen LogP contribution < -0.4 is 0 Å². The van der Waals surface area contributed by atoms with E-state index in [1.54, 1.807) is 24.3 Å². The highest BCUT2D eigenvalue weighted by atomic mass is 35.5. The van der Waals surface area contributed by atoms with Gasteiger partial charge in [-0.2, -0.15) is 0 Å². The molecule has 1 heterocycles. The number of amides is 2. The van der Waals surface area contributed by atoms with Gasteiger partial charge in [0.25, 0.3) is 16.8 Å². The monoisotopic (exact) mass is 408 g/mol. The zero-order valence-corrected chi connectivity index (χ0v) is 15.3. The summed E-state index contributed by atoms with van der Waals surface area (Å²) in [5.74, 6) is -0.475. The third-order valence-corrected chi connectivity index (χ3v) is 5.05. The Morgan fingerprint density at radius 3 is 2.62 bits per heavy atom. The van der Waals surface area contributed by atoms with Crippen molar-refractivity contribution in [2.45, 2.75) is 6.54 Å². The van der Waals surface area contributed by atoms with E-state index in [2.05, 4.69) is 0 Å². The van der Waals surface area contributed by atoms with Gasteiger partial charge in [-0.25, -0.2) is 0 Å². The van der Waals surface area contributed by atoms with Gasteiger partial charge in [0.2, 0.25) is 0 Å². The van der Waals surface area contributed by atoms with Crippen LogP contribution >= 0.6 is 35.0 Å². The van der Waals surface area contributed by atoms with Crippen LogP contribution in [0.2, 0.25) is 10.0 Å². The number of nitro groups is 1. The number of thioether (sulfide) groups is 1. The zero-order valence-electron chi connectivity index (χ0n) is 13.0. The Hall–Kier alpha value is -2.35. The van der Waals surface area contributed by atoms with Gasteiger partial charge < -0.3 is 0 Å². The van der Waals surface area contributed by atoms with Crippen LogP contribution in [0.4, 0.5) is 10.5 Å². The van der Waals surface area contributed by atoms with Crippen LogP contribution in [0.3, 0.4) is 0 Å². The number of rotatable bonds is 4. The van der Waals surface area contributed by atoms with Crippen LogP contribution in [0.5, 0.6) is 0 Å². The molecule has 0 aromatic heterocycles. The first kappa shape index (κ1) is 18.4. The zero-order chi connectivity index (χ0) is 18.8. The van der Waals surface area contributed by atoms with Gasteiger partial charge in [0.05, 0.1) is 16.4 Å². The van der Waals surface area contributed by atoms with Gasteiger partial charge in [-0.3, -0.25) is 24.6 Å². The molecule has 0 atom stereocenters. The fourth-order valence-electron chi connectivity index (χ4n) is 2.35. The summed E-state index contributed by atoms with van der Waals surface area (Å²) < 4.78 is 0. The molecule has 132 valence electrons. The van der Waals surface area contributed by atoms with Crippen LogP contribution in [0.1, 0.15) is 11.1 Å². The van der Waals surface area contributed by atoms with E-state index in [-0.39, 0.29) is 17.1 Å². The molecule has 2 amide bonds. The molecule has 26 heavy (non-hydrogen) atoms. The molecule has 1 saturated heterocycles. The fraction of sp³-hybridized carbons (Fsp3) is 0.0588. The molecule has 1 aliphatic heterocycles. The van der Waals surface area contributed by atoms with E-state index < -0.39 is 16.1 Å². The number of nitrogens with zero attached hydrogens (tertiary/aromatic N) is 2. The highest BCUT2D eigenvalue weighted by molar-refractivity contribution is 8.18. The van der Waals surface area contributed by atoms with Crippen molar-refractivity contribution in [3.63, 3.8) is 0 Å². The first-order valence-corrected chi connectivity index (χ1v) is 8.86. The second kappa shape index (κ2) is 7.49. The minimum Gasteiger partial charge on any atom is -0.268 e. The van der Waals surface area contributed by atoms with Gasteiger partial charge in [-0.15, -0.1) is 0 Å². The lowest BCUT2D eigenvalue weighted by Crippen LogP contribution is -2.27. The second-order valence-corrected chi connectivity index (χ2v) is 7.20. The first-order chi connectivity index (χ1) is 12.3. The summed E-state index contributed by atoms with van der Waals surface area (Å²) >= 11 is 12.7. The second-order valence-electron chi connectivity index (χ2n) is 5.36. The molecule has 1 aliphatic rings. The van der Waals surface area contributed by atoms with Crippen LogP contribution in [0.15, 0.2) is 47.4 Å². The predicted octanol–water partition coefficient (Wildman–Crippen LogP) is 5.14. The number of carbonyl (C=O) groups is 2. The van der Waals surface area contributed by atoms with Crippen molar-refractivity contribution in [1.29, 1.82) is 0 Å². The van der Waals surface area contributed by atoms with Crippen molar-refractivity contribution in [1.82, 2.24) is 4.90 Å². The maximum absolute atomic E-state index is 12.5. The smallest absolute Gasteiger partial charge is 0.268 e. The number of hydrogen-bond acceptors (Lipinski definition) is 5. The molecule has 2 aromatic carbocycles. The summed E-state index contributed by atoms with van der Waals surface area (Å²) in [6.45, 7) is -0.0436. The largest absolute Gasteiger partial charge is 0.293 e. The Balaban J connectivity index is 1.84. The SMILES string of the molecule is O=C1S/C(=C\c2ccc(Cl)cc2Cl)C(=O)N1Cc1cccc([N+](=O)[O-])c1. The molecule has 3 rings (SSSR count). The average Bonchev–Trinajstić information content (AvgIpc) is 2.85. The van der Waals surface area contributed by atoms with Crippen molar-refractivity contribution in [2.75, 3.05) is 0 Å². The third kappa shape index (κ3) is 3.90. The van der Waals surface area contributed by atoms with Crippen molar-refractivity contribution in [3.05, 3.63) is 78.7 Å². The van der Waals surface area contributed by atoms with Gasteiger partial charge in [0, 0.05) is 22.2 Å². The number of nitro benzene ring substituents is 1. The highest BCUT2D eigenvalue weighted by Gasteiger charge is 2.35. The van der Waals surface area contributed by atoms with Crippen LogP contribution in [0, 0.1) is 10.1 Å². The van der Waals surface area contributed by atoms with Crippen molar-refractivity contribution < 1.29 is 14.5 Å². The molecule has 6 nitrogen and oxygen atoms in total. The molecular formula is C17H10Cl2N2O4S. The van der Waals surface area contributed by atoms with Gasteiger partial charge >= 0.3 is 0 Å². The average molecular weight is 409 g/mol. The fourth-order valence-corrected chi connectivity index (χ4v) is 3.64. The van der Waals surface area contributed by atoms with Crippen LogP contribution in [-0.2, 0) is 11.3 Å². The lowest BCUT2D eigenvalue weighted by atomic mass is 10.2. The molecular weight excluding hydrogens is 399 g/mol. The minimum absolute atomic E-state index is 0.0436. The summed E-state index contributed by atoms with van der Waals surface area (Å²) in [6, 6.07) is 10.6. The molecule has 1 fully saturated rings. The van der Waals surface area contributed by atoms with E-state index in [0.717, 1.165) is 16.7 Å². The van der Waals surface area contributed by atoms with Gasteiger partial charge in [0.1, 0.15) is 0 Å². The topological polar surface area (TPSA) is 80.5 Å². The molecule has 9 heteroatoms. The number of halogens is 2. The normalized spacial score (nSPS) is 15.8. The Bertz CT molecular complexity index is 962. The molecule has 0 saturated carbocycles. The highest BCUT2D eigenvalue weighted by Crippen LogP contribution is 2.35. The lowest BCUT2D eigenvalue weighted by molar-refractivity contribution is -0.384. The van der Waals surface area contributed by atoms with E-state index >= 15 is 0 Å². The molecule has 0 bridgehead atoms. The van der Waals surface area contributed by atoms with Gasteiger partial charge in [-0.05, 0) is 41.1 Å². The van der Waals surface area contributed by atoms with E-state index in [4.69, 9.17) is 23.2 Å². The summed E-state index contributed by atoms with van der Waals surface area (Å²) in [4.78, 5) is 36.3. The minimum atomic E-state index is -0.528. The number of imide groups is 1. The van der Waals surface area contributed by atoms with E-state index in [1.165, 1.54) is 24.3 Å². The maximum atomic E-state index is 12.5. The van der Waals surface area contributed by atoms with Crippen molar-refractivity contribution in [2.24, 2.45) is 0 Å². The molecule has 2 aromatic rings. The van der Waals surface area contributed by atoms with Gasteiger partial charge in [-0.1, -0.05) is 41.4 Å². The van der Waals surface area contributed by atoms with Crippen LogP contribution in [-0.4, -0.2) is 21.0 Å². The van der Waals surface area contributed by atoms with Crippen molar-refractivity contribution >= 4 is 57.9 Å². The molecule has 0 spiro atoms. The first-order valence-electron chi connectivity index (χ1n) is 7.29. The Labute approximate surface area is 162 Å². The van der Waals surface area contributed by atoms with E-state index in [0.29, 0.717) is 21.2 Å². The van der Waals surface area contributed by atoms with E-state index in [9.17, 15) is 19.7 Å². The third-order valence-electron chi connectivity index (χ3n) is 3.58. The summed E-state index contributed by atoms with van der Waals surface area (Å²) in [7, 11) is 0. The van der Waals surface area contributed by atoms with E-state index in [1.807, 2.05) is 0 Å². The summed E-state index contributed by atoms with van der Waals surface area (Å²) in [5.41, 5.74) is 0.960. The standard InChI is InChI=1S/C17H10Cl2N2O4S/c18-12-5-4-11(14(19)8-12)7-15-16(22)20(17(23)26-15)9-10-2-1-3-13(6-10)21(24)25/h1-8H,9H2/b15-7-. The summed E-state index contributed by atoms with van der Waals surface area (Å²) in [6.07, 6.45) is 1.52. The molecule has 0 N–H and O–H groups in total. The molecule has 0 unspecified atom stereocenters. The van der Waals surface area contributed by atoms with Gasteiger partial charge in [0.15, 0.2) is 0 Å². The molecule has 0 radical (unpaired) electrons. The summed E-state index contributed by atoms with van der Waals surface area (Å²) in [5, 5.41) is 11.2. The quantitative estimate of drug-likeness (QED) is 0.397. The predicted molar refractivity (Wildman–Crippen MR) is 101 cm³/mol. The number of non-ortho nitro benzene ring substituents is 1. The van der Waals surface area contributed by atoms with Crippen LogP contribution in [0.25, 0.3) is 6.08 Å². The lowest BCUT2D eigenvalue weighted by Gasteiger charge is -2.12. The Morgan fingerprint density at radius 1 is 1.15 bits per heavy atom.